The first-order chi connectivity index (χ1) is 4.83. The summed E-state index contributed by atoms with van der Waals surface area (Å²) in [7, 11) is 0. The van der Waals surface area contributed by atoms with Gasteiger partial charge in [0.05, 0.1) is 0 Å². The molecule has 4 N–H and O–H groups in total. The van der Waals surface area contributed by atoms with E-state index >= 15 is 0 Å². The fourth-order valence-corrected chi connectivity index (χ4v) is 0.973. The van der Waals surface area contributed by atoms with Gasteiger partial charge < -0.3 is 16.2 Å². The first kappa shape index (κ1) is 10.5. The normalized spacial score (nSPS) is 23.0. The lowest BCUT2D eigenvalue weighted by atomic mass is 10.1. The maximum absolute atomic E-state index is 8.58. The van der Waals surface area contributed by atoms with Crippen molar-refractivity contribution in [3.05, 3.63) is 0 Å². The van der Waals surface area contributed by atoms with E-state index in [1.807, 2.05) is 0 Å². The summed E-state index contributed by atoms with van der Waals surface area (Å²) in [6.07, 6.45) is 0.809. The zero-order valence-corrected chi connectivity index (χ0v) is 7.10. The van der Waals surface area contributed by atoms with Gasteiger partial charge in [0.25, 0.3) is 0 Å². The standard InChI is InChI=1S/C6H13N3O.ClH/c7-6-8-3-5(1-2-10)4-9-6;/h5,10H,1-4H2,(H3,7,8,9);1H. The highest BCUT2D eigenvalue weighted by Gasteiger charge is 2.11. The van der Waals surface area contributed by atoms with Crippen molar-refractivity contribution in [2.24, 2.45) is 16.6 Å². The number of guanidine groups is 1. The lowest BCUT2D eigenvalue weighted by molar-refractivity contribution is 0.257. The number of rotatable bonds is 2. The van der Waals surface area contributed by atoms with Crippen molar-refractivity contribution < 1.29 is 5.11 Å². The number of aliphatic hydroxyl groups excluding tert-OH is 1. The van der Waals surface area contributed by atoms with Crippen LogP contribution in [0, 0.1) is 5.92 Å². The molecule has 0 aromatic carbocycles. The Morgan fingerprint density at radius 1 is 1.73 bits per heavy atom. The van der Waals surface area contributed by atoms with Crippen LogP contribution >= 0.6 is 12.4 Å². The van der Waals surface area contributed by atoms with Gasteiger partial charge in [-0.1, -0.05) is 0 Å². The summed E-state index contributed by atoms with van der Waals surface area (Å²) < 4.78 is 0. The molecule has 1 heterocycles. The van der Waals surface area contributed by atoms with E-state index in [2.05, 4.69) is 10.3 Å². The second-order valence-electron chi connectivity index (χ2n) is 2.49. The average Bonchev–Trinajstić information content (AvgIpc) is 1.95. The highest BCUT2D eigenvalue weighted by atomic mass is 35.5. The molecule has 1 aliphatic rings. The van der Waals surface area contributed by atoms with Crippen molar-refractivity contribution in [1.82, 2.24) is 5.32 Å². The summed E-state index contributed by atoms with van der Waals surface area (Å²) in [5.74, 6) is 0.978. The molecule has 0 saturated carbocycles. The highest BCUT2D eigenvalue weighted by Crippen LogP contribution is 2.03. The molecule has 4 nitrogen and oxygen atoms in total. The average molecular weight is 180 g/mol. The van der Waals surface area contributed by atoms with E-state index < -0.39 is 0 Å². The zero-order valence-electron chi connectivity index (χ0n) is 6.29. The monoisotopic (exact) mass is 179 g/mol. The molecular weight excluding hydrogens is 166 g/mol. The van der Waals surface area contributed by atoms with Gasteiger partial charge in [0.1, 0.15) is 0 Å². The van der Waals surface area contributed by atoms with Crippen molar-refractivity contribution >= 4 is 18.4 Å². The Kier molecular flexibility index (Phi) is 4.98. The van der Waals surface area contributed by atoms with Crippen molar-refractivity contribution in [3.63, 3.8) is 0 Å². The van der Waals surface area contributed by atoms with Crippen molar-refractivity contribution in [2.75, 3.05) is 19.7 Å². The van der Waals surface area contributed by atoms with Crippen molar-refractivity contribution in [3.8, 4) is 0 Å². The zero-order chi connectivity index (χ0) is 7.40. The summed E-state index contributed by atoms with van der Waals surface area (Å²) >= 11 is 0. The molecule has 1 aliphatic heterocycles. The van der Waals surface area contributed by atoms with Gasteiger partial charge in [-0.2, -0.15) is 0 Å². The first-order valence-corrected chi connectivity index (χ1v) is 3.47. The minimum atomic E-state index is 0. The summed E-state index contributed by atoms with van der Waals surface area (Å²) in [5, 5.41) is 11.5. The van der Waals surface area contributed by atoms with E-state index in [-0.39, 0.29) is 19.0 Å². The molecular formula is C6H14ClN3O. The molecule has 0 saturated heterocycles. The van der Waals surface area contributed by atoms with Gasteiger partial charge in [-0.25, -0.2) is 0 Å². The number of aliphatic imine (C=N–C) groups is 1. The second-order valence-corrected chi connectivity index (χ2v) is 2.49. The van der Waals surface area contributed by atoms with Crippen LogP contribution in [-0.4, -0.2) is 30.8 Å². The largest absolute Gasteiger partial charge is 0.396 e. The number of hydrogen-bond acceptors (Lipinski definition) is 4. The second kappa shape index (κ2) is 5.21. The SMILES string of the molecule is Cl.NC1=NCC(CCO)CN1. The molecule has 0 spiro atoms. The predicted molar refractivity (Wildman–Crippen MR) is 46.9 cm³/mol. The first-order valence-electron chi connectivity index (χ1n) is 3.47. The van der Waals surface area contributed by atoms with Crippen molar-refractivity contribution in [1.29, 1.82) is 0 Å². The van der Waals surface area contributed by atoms with Gasteiger partial charge in [-0.3, -0.25) is 4.99 Å². The van der Waals surface area contributed by atoms with E-state index in [4.69, 9.17) is 10.8 Å². The minimum absolute atomic E-state index is 0. The molecule has 0 amide bonds. The van der Waals surface area contributed by atoms with Crippen LogP contribution < -0.4 is 11.1 Å². The van der Waals surface area contributed by atoms with Crippen LogP contribution in [-0.2, 0) is 0 Å². The Hall–Kier alpha value is -0.480. The Bertz CT molecular complexity index is 140. The van der Waals surface area contributed by atoms with Gasteiger partial charge in [-0.15, -0.1) is 12.4 Å². The maximum Gasteiger partial charge on any atom is 0.188 e. The van der Waals surface area contributed by atoms with Crippen molar-refractivity contribution in [2.45, 2.75) is 6.42 Å². The molecule has 0 aromatic rings. The number of nitrogens with two attached hydrogens (primary N) is 1. The van der Waals surface area contributed by atoms with Gasteiger partial charge in [0.2, 0.25) is 0 Å². The number of hydrogen-bond donors (Lipinski definition) is 3. The maximum atomic E-state index is 8.58. The summed E-state index contributed by atoms with van der Waals surface area (Å²) in [6.45, 7) is 1.83. The Morgan fingerprint density at radius 2 is 2.45 bits per heavy atom. The summed E-state index contributed by atoms with van der Waals surface area (Å²) in [6, 6.07) is 0. The molecule has 5 heteroatoms. The van der Waals surface area contributed by atoms with E-state index in [1.54, 1.807) is 0 Å². The minimum Gasteiger partial charge on any atom is -0.396 e. The molecule has 0 radical (unpaired) electrons. The van der Waals surface area contributed by atoms with Crippen LogP contribution in [0.1, 0.15) is 6.42 Å². The molecule has 1 rings (SSSR count). The highest BCUT2D eigenvalue weighted by molar-refractivity contribution is 5.85. The van der Waals surface area contributed by atoms with Crippen LogP contribution in [0.4, 0.5) is 0 Å². The number of halogens is 1. The van der Waals surface area contributed by atoms with Gasteiger partial charge in [-0.05, 0) is 12.3 Å². The van der Waals surface area contributed by atoms with Crippen LogP contribution in [0.5, 0.6) is 0 Å². The van der Waals surface area contributed by atoms with E-state index in [9.17, 15) is 0 Å². The van der Waals surface area contributed by atoms with Crippen LogP contribution in [0.2, 0.25) is 0 Å². The third kappa shape index (κ3) is 3.43. The lowest BCUT2D eigenvalue weighted by Crippen LogP contribution is -2.40. The molecule has 0 fully saturated rings. The van der Waals surface area contributed by atoms with Crippen LogP contribution in [0.3, 0.4) is 0 Å². The summed E-state index contributed by atoms with van der Waals surface area (Å²) in [4.78, 5) is 4.00. The summed E-state index contributed by atoms with van der Waals surface area (Å²) in [5.41, 5.74) is 5.37. The van der Waals surface area contributed by atoms with Gasteiger partial charge >= 0.3 is 0 Å². The number of nitrogens with one attached hydrogen (secondary N) is 1. The third-order valence-electron chi connectivity index (χ3n) is 1.63. The number of nitrogens with zero attached hydrogens (tertiary/aromatic N) is 1. The van der Waals surface area contributed by atoms with Gasteiger partial charge in [0.15, 0.2) is 5.96 Å². The molecule has 0 bridgehead atoms. The Labute approximate surface area is 72.3 Å². The van der Waals surface area contributed by atoms with Gasteiger partial charge in [0, 0.05) is 19.7 Å². The third-order valence-corrected chi connectivity index (χ3v) is 1.63. The van der Waals surface area contributed by atoms with Crippen LogP contribution in [0.25, 0.3) is 0 Å². The molecule has 0 aromatic heterocycles. The molecule has 1 atom stereocenters. The molecule has 0 aliphatic carbocycles. The fourth-order valence-electron chi connectivity index (χ4n) is 0.973. The lowest BCUT2D eigenvalue weighted by Gasteiger charge is -2.19. The van der Waals surface area contributed by atoms with Crippen LogP contribution in [0.15, 0.2) is 4.99 Å². The predicted octanol–water partition coefficient (Wildman–Crippen LogP) is -0.675. The molecule has 11 heavy (non-hydrogen) atoms. The molecule has 66 valence electrons. The number of aliphatic hydroxyl groups is 1. The van der Waals surface area contributed by atoms with E-state index in [0.29, 0.717) is 11.9 Å². The smallest absolute Gasteiger partial charge is 0.188 e. The Morgan fingerprint density at radius 3 is 2.91 bits per heavy atom. The topological polar surface area (TPSA) is 70.6 Å². The quantitative estimate of drug-likeness (QED) is 0.527. The Balaban J connectivity index is 0.000001000. The fraction of sp³-hybridized carbons (Fsp3) is 0.833. The van der Waals surface area contributed by atoms with E-state index in [1.165, 1.54) is 0 Å². The van der Waals surface area contributed by atoms with E-state index in [0.717, 1.165) is 19.5 Å². The molecule has 1 unspecified atom stereocenters.